The third-order valence-corrected chi connectivity index (χ3v) is 3.10. The lowest BCUT2D eigenvalue weighted by molar-refractivity contribution is -0.175. The van der Waals surface area contributed by atoms with Crippen LogP contribution in [0.3, 0.4) is 0 Å². The second-order valence-electron chi connectivity index (χ2n) is 4.70. The molecule has 1 fully saturated rings. The highest BCUT2D eigenvalue weighted by molar-refractivity contribution is 4.77. The van der Waals surface area contributed by atoms with Crippen LogP contribution in [-0.4, -0.2) is 30.6 Å². The molecule has 0 heterocycles. The molecule has 5 heteroatoms. The molecular weight excluding hydrogens is 221 g/mol. The minimum atomic E-state index is -4.25. The zero-order valence-electron chi connectivity index (χ0n) is 9.46. The maximum absolute atomic E-state index is 11.8. The van der Waals surface area contributed by atoms with Gasteiger partial charge in [0.05, 0.1) is 6.10 Å². The normalized spacial score (nSPS) is 31.7. The van der Waals surface area contributed by atoms with Crippen molar-refractivity contribution < 1.29 is 23.0 Å². The van der Waals surface area contributed by atoms with Gasteiger partial charge in [-0.2, -0.15) is 13.2 Å². The number of rotatable bonds is 4. The van der Waals surface area contributed by atoms with Crippen molar-refractivity contribution in [1.29, 1.82) is 0 Å². The van der Waals surface area contributed by atoms with Gasteiger partial charge in [0.2, 0.25) is 0 Å². The summed E-state index contributed by atoms with van der Waals surface area (Å²) in [6, 6.07) is 0. The molecule has 1 saturated carbocycles. The summed E-state index contributed by atoms with van der Waals surface area (Å²) >= 11 is 0. The van der Waals surface area contributed by atoms with Crippen molar-refractivity contribution >= 4 is 0 Å². The quantitative estimate of drug-likeness (QED) is 0.766. The highest BCUT2D eigenvalue weighted by atomic mass is 19.4. The van der Waals surface area contributed by atoms with Gasteiger partial charge in [0.15, 0.2) is 0 Å². The summed E-state index contributed by atoms with van der Waals surface area (Å²) in [6.07, 6.45) is -1.46. The summed E-state index contributed by atoms with van der Waals surface area (Å²) in [7, 11) is 0. The third kappa shape index (κ3) is 5.16. The van der Waals surface area contributed by atoms with Crippen LogP contribution in [0.1, 0.15) is 32.6 Å². The van der Waals surface area contributed by atoms with E-state index in [1.165, 1.54) is 0 Å². The summed E-state index contributed by atoms with van der Waals surface area (Å²) in [5, 5.41) is 9.67. The molecule has 1 aliphatic carbocycles. The van der Waals surface area contributed by atoms with E-state index < -0.39 is 12.8 Å². The van der Waals surface area contributed by atoms with Crippen molar-refractivity contribution in [3.63, 3.8) is 0 Å². The SMILES string of the molecule is CC1CCC(O)C(CCOCC(F)(F)F)C1. The standard InChI is InChI=1S/C11H19F3O2/c1-8-2-3-10(15)9(6-8)4-5-16-7-11(12,13)14/h8-10,15H,2-7H2,1H3. The highest BCUT2D eigenvalue weighted by Gasteiger charge is 2.29. The van der Waals surface area contributed by atoms with Crippen LogP contribution in [0.5, 0.6) is 0 Å². The van der Waals surface area contributed by atoms with Crippen molar-refractivity contribution in [2.45, 2.75) is 44.9 Å². The molecule has 0 aliphatic heterocycles. The first-order valence-electron chi connectivity index (χ1n) is 5.71. The number of ether oxygens (including phenoxy) is 1. The zero-order chi connectivity index (χ0) is 12.2. The van der Waals surface area contributed by atoms with Crippen molar-refractivity contribution in [3.8, 4) is 0 Å². The fourth-order valence-electron chi connectivity index (χ4n) is 2.22. The maximum Gasteiger partial charge on any atom is 0.411 e. The van der Waals surface area contributed by atoms with E-state index in [4.69, 9.17) is 0 Å². The van der Waals surface area contributed by atoms with Gasteiger partial charge in [-0.1, -0.05) is 6.92 Å². The Balaban J connectivity index is 2.16. The summed E-state index contributed by atoms with van der Waals surface area (Å²) in [5.74, 6) is 0.646. The first-order valence-corrected chi connectivity index (χ1v) is 5.71. The van der Waals surface area contributed by atoms with Crippen LogP contribution in [-0.2, 0) is 4.74 Å². The van der Waals surface area contributed by atoms with Gasteiger partial charge >= 0.3 is 6.18 Å². The Bertz CT molecular complexity index is 206. The Morgan fingerprint density at radius 3 is 2.62 bits per heavy atom. The van der Waals surface area contributed by atoms with Gasteiger partial charge in [0.25, 0.3) is 0 Å². The Kier molecular flexibility index (Phi) is 5.05. The Morgan fingerprint density at radius 1 is 1.31 bits per heavy atom. The molecule has 16 heavy (non-hydrogen) atoms. The summed E-state index contributed by atoms with van der Waals surface area (Å²) in [5.41, 5.74) is 0. The van der Waals surface area contributed by atoms with E-state index in [1.54, 1.807) is 0 Å². The zero-order valence-corrected chi connectivity index (χ0v) is 9.46. The predicted molar refractivity (Wildman–Crippen MR) is 54.0 cm³/mol. The number of halogens is 3. The Hall–Kier alpha value is -0.290. The second kappa shape index (κ2) is 5.87. The van der Waals surface area contributed by atoms with Gasteiger partial charge < -0.3 is 9.84 Å². The van der Waals surface area contributed by atoms with Gasteiger partial charge in [-0.25, -0.2) is 0 Å². The fourth-order valence-corrected chi connectivity index (χ4v) is 2.22. The van der Waals surface area contributed by atoms with E-state index in [2.05, 4.69) is 11.7 Å². The lowest BCUT2D eigenvalue weighted by Crippen LogP contribution is -2.29. The fraction of sp³-hybridized carbons (Fsp3) is 1.00. The first-order chi connectivity index (χ1) is 7.38. The lowest BCUT2D eigenvalue weighted by Gasteiger charge is -2.31. The van der Waals surface area contributed by atoms with E-state index in [9.17, 15) is 18.3 Å². The molecule has 0 radical (unpaired) electrons. The van der Waals surface area contributed by atoms with Crippen LogP contribution < -0.4 is 0 Å². The summed E-state index contributed by atoms with van der Waals surface area (Å²) in [6.45, 7) is 0.995. The van der Waals surface area contributed by atoms with Gasteiger partial charge in [-0.3, -0.25) is 0 Å². The Morgan fingerprint density at radius 2 is 2.00 bits per heavy atom. The van der Waals surface area contributed by atoms with Crippen molar-refractivity contribution in [3.05, 3.63) is 0 Å². The van der Waals surface area contributed by atoms with Crippen LogP contribution in [0.15, 0.2) is 0 Å². The number of aliphatic hydroxyl groups excluding tert-OH is 1. The molecular formula is C11H19F3O2. The lowest BCUT2D eigenvalue weighted by atomic mass is 9.79. The van der Waals surface area contributed by atoms with Crippen molar-refractivity contribution in [2.24, 2.45) is 11.8 Å². The van der Waals surface area contributed by atoms with Gasteiger partial charge in [0.1, 0.15) is 6.61 Å². The van der Waals surface area contributed by atoms with Crippen LogP contribution in [0.25, 0.3) is 0 Å². The van der Waals surface area contributed by atoms with E-state index in [0.717, 1.165) is 19.3 Å². The largest absolute Gasteiger partial charge is 0.411 e. The van der Waals surface area contributed by atoms with Crippen LogP contribution in [0, 0.1) is 11.8 Å². The number of hydrogen-bond acceptors (Lipinski definition) is 2. The topological polar surface area (TPSA) is 29.5 Å². The molecule has 96 valence electrons. The highest BCUT2D eigenvalue weighted by Crippen LogP contribution is 2.31. The Labute approximate surface area is 93.8 Å². The van der Waals surface area contributed by atoms with Crippen molar-refractivity contribution in [2.75, 3.05) is 13.2 Å². The molecule has 0 bridgehead atoms. The summed E-state index contributed by atoms with van der Waals surface area (Å²) < 4.78 is 39.9. The average Bonchev–Trinajstić information content (AvgIpc) is 2.16. The van der Waals surface area contributed by atoms with Gasteiger partial charge in [0, 0.05) is 6.61 Å². The molecule has 2 nitrogen and oxygen atoms in total. The van der Waals surface area contributed by atoms with Crippen molar-refractivity contribution in [1.82, 2.24) is 0 Å². The van der Waals surface area contributed by atoms with E-state index in [-0.39, 0.29) is 18.6 Å². The minimum Gasteiger partial charge on any atom is -0.393 e. The van der Waals surface area contributed by atoms with E-state index in [1.807, 2.05) is 0 Å². The monoisotopic (exact) mass is 240 g/mol. The first kappa shape index (κ1) is 13.8. The van der Waals surface area contributed by atoms with E-state index >= 15 is 0 Å². The molecule has 3 atom stereocenters. The van der Waals surface area contributed by atoms with Gasteiger partial charge in [-0.15, -0.1) is 0 Å². The summed E-state index contributed by atoms with van der Waals surface area (Å²) in [4.78, 5) is 0. The van der Waals surface area contributed by atoms with E-state index in [0.29, 0.717) is 12.3 Å². The second-order valence-corrected chi connectivity index (χ2v) is 4.70. The third-order valence-electron chi connectivity index (χ3n) is 3.10. The molecule has 3 unspecified atom stereocenters. The molecule has 1 rings (SSSR count). The minimum absolute atomic E-state index is 0.0773. The smallest absolute Gasteiger partial charge is 0.393 e. The van der Waals surface area contributed by atoms with Gasteiger partial charge in [-0.05, 0) is 37.5 Å². The number of hydrogen-bond donors (Lipinski definition) is 1. The number of alkyl halides is 3. The molecule has 0 aromatic heterocycles. The van der Waals surface area contributed by atoms with Crippen LogP contribution in [0.2, 0.25) is 0 Å². The average molecular weight is 240 g/mol. The number of aliphatic hydroxyl groups is 1. The van der Waals surface area contributed by atoms with Crippen LogP contribution >= 0.6 is 0 Å². The maximum atomic E-state index is 11.8. The molecule has 1 N–H and O–H groups in total. The molecule has 0 spiro atoms. The van der Waals surface area contributed by atoms with Crippen LogP contribution in [0.4, 0.5) is 13.2 Å². The molecule has 1 aliphatic rings. The molecule has 0 amide bonds. The molecule has 0 aromatic carbocycles. The molecule has 0 saturated heterocycles. The molecule has 0 aromatic rings. The predicted octanol–water partition coefficient (Wildman–Crippen LogP) is 2.75.